The number of likely N-dealkylation sites (tertiary alicyclic amines) is 1. The number of piperidine rings is 1. The van der Waals surface area contributed by atoms with Crippen molar-refractivity contribution in [2.75, 3.05) is 18.8 Å². The first-order valence-electron chi connectivity index (χ1n) is 9.31. The lowest BCUT2D eigenvalue weighted by molar-refractivity contribution is -0.129. The van der Waals surface area contributed by atoms with Gasteiger partial charge < -0.3 is 9.47 Å². The highest BCUT2D eigenvalue weighted by Crippen LogP contribution is 2.26. The summed E-state index contributed by atoms with van der Waals surface area (Å²) in [7, 11) is 0. The topological polar surface area (TPSA) is 38.1 Å². The third-order valence-electron chi connectivity index (χ3n) is 4.91. The van der Waals surface area contributed by atoms with Gasteiger partial charge in [-0.25, -0.2) is 9.37 Å². The fraction of sp³-hybridized carbons (Fsp3) is 0.333. The van der Waals surface area contributed by atoms with Gasteiger partial charge in [0.05, 0.1) is 23.3 Å². The summed E-state index contributed by atoms with van der Waals surface area (Å²) in [6, 6.07) is 14.5. The molecule has 0 atom stereocenters. The maximum Gasteiger partial charge on any atom is 0.233 e. The van der Waals surface area contributed by atoms with Gasteiger partial charge in [-0.05, 0) is 49.1 Å². The first kappa shape index (κ1) is 18.0. The smallest absolute Gasteiger partial charge is 0.233 e. The molecule has 1 aromatic heterocycles. The molecular weight excluding hydrogens is 361 g/mol. The fourth-order valence-corrected chi connectivity index (χ4v) is 4.37. The number of hydrogen-bond acceptors (Lipinski definition) is 3. The number of halogens is 1. The van der Waals surface area contributed by atoms with Crippen molar-refractivity contribution in [2.24, 2.45) is 0 Å². The molecular formula is C21H22FN3OS. The van der Waals surface area contributed by atoms with Crippen LogP contribution in [0.25, 0.3) is 11.0 Å². The average molecular weight is 383 g/mol. The monoisotopic (exact) mass is 383 g/mol. The molecule has 6 heteroatoms. The normalized spacial score (nSPS) is 14.6. The van der Waals surface area contributed by atoms with Crippen LogP contribution >= 0.6 is 11.8 Å². The summed E-state index contributed by atoms with van der Waals surface area (Å²) in [6.07, 6.45) is 3.41. The Kier molecular flexibility index (Phi) is 5.43. The van der Waals surface area contributed by atoms with Crippen LogP contribution in [-0.2, 0) is 11.3 Å². The Labute approximate surface area is 162 Å². The summed E-state index contributed by atoms with van der Waals surface area (Å²) in [4.78, 5) is 19.2. The molecule has 1 aliphatic rings. The lowest BCUT2D eigenvalue weighted by Crippen LogP contribution is -2.36. The predicted molar refractivity (Wildman–Crippen MR) is 106 cm³/mol. The summed E-state index contributed by atoms with van der Waals surface area (Å²) >= 11 is 1.48. The highest BCUT2D eigenvalue weighted by atomic mass is 32.2. The Morgan fingerprint density at radius 3 is 2.56 bits per heavy atom. The van der Waals surface area contributed by atoms with Crippen molar-refractivity contribution in [1.82, 2.24) is 14.5 Å². The second-order valence-electron chi connectivity index (χ2n) is 6.83. The lowest BCUT2D eigenvalue weighted by Gasteiger charge is -2.26. The Balaban J connectivity index is 1.56. The number of carbonyl (C=O) groups excluding carboxylic acids is 1. The number of thioether (sulfide) groups is 1. The number of amides is 1. The quantitative estimate of drug-likeness (QED) is 0.616. The van der Waals surface area contributed by atoms with Crippen LogP contribution < -0.4 is 0 Å². The van der Waals surface area contributed by atoms with E-state index in [-0.39, 0.29) is 11.7 Å². The molecule has 1 saturated heterocycles. The molecule has 0 radical (unpaired) electrons. The molecule has 140 valence electrons. The molecule has 2 aromatic carbocycles. The zero-order valence-corrected chi connectivity index (χ0v) is 15.9. The van der Waals surface area contributed by atoms with Crippen LogP contribution in [0.1, 0.15) is 24.8 Å². The molecule has 1 fully saturated rings. The van der Waals surface area contributed by atoms with E-state index in [9.17, 15) is 9.18 Å². The van der Waals surface area contributed by atoms with E-state index in [2.05, 4.69) is 4.57 Å². The molecule has 0 bridgehead atoms. The highest BCUT2D eigenvalue weighted by Gasteiger charge is 2.18. The standard InChI is InChI=1S/C21H22FN3OS/c22-17-10-8-16(9-11-17)14-25-19-7-3-2-6-18(19)23-21(25)27-15-20(26)24-12-4-1-5-13-24/h2-3,6-11H,1,4-5,12-15H2. The molecule has 0 aliphatic carbocycles. The summed E-state index contributed by atoms with van der Waals surface area (Å²) in [6.45, 7) is 2.33. The number of benzene rings is 2. The molecule has 4 rings (SSSR count). The number of carbonyl (C=O) groups is 1. The van der Waals surface area contributed by atoms with Gasteiger partial charge in [-0.15, -0.1) is 0 Å². The number of hydrogen-bond donors (Lipinski definition) is 0. The second-order valence-corrected chi connectivity index (χ2v) is 7.77. The van der Waals surface area contributed by atoms with Crippen LogP contribution in [0.2, 0.25) is 0 Å². The molecule has 2 heterocycles. The van der Waals surface area contributed by atoms with Gasteiger partial charge in [0.2, 0.25) is 5.91 Å². The van der Waals surface area contributed by atoms with Crippen LogP contribution in [-0.4, -0.2) is 39.2 Å². The largest absolute Gasteiger partial charge is 0.342 e. The zero-order valence-electron chi connectivity index (χ0n) is 15.1. The number of nitrogens with zero attached hydrogens (tertiary/aromatic N) is 3. The minimum Gasteiger partial charge on any atom is -0.342 e. The number of rotatable bonds is 5. The van der Waals surface area contributed by atoms with Gasteiger partial charge in [-0.1, -0.05) is 36.0 Å². The van der Waals surface area contributed by atoms with Gasteiger partial charge in [0, 0.05) is 13.1 Å². The van der Waals surface area contributed by atoms with Crippen LogP contribution in [0, 0.1) is 5.82 Å². The van der Waals surface area contributed by atoms with Gasteiger partial charge in [-0.3, -0.25) is 4.79 Å². The Hall–Kier alpha value is -2.34. The predicted octanol–water partition coefficient (Wildman–Crippen LogP) is 4.33. The van der Waals surface area contributed by atoms with E-state index < -0.39 is 0 Å². The van der Waals surface area contributed by atoms with Gasteiger partial charge in [0.25, 0.3) is 0 Å². The SMILES string of the molecule is O=C(CSc1nc2ccccc2n1Cc1ccc(F)cc1)N1CCCCC1. The third-order valence-corrected chi connectivity index (χ3v) is 5.87. The van der Waals surface area contributed by atoms with Gasteiger partial charge in [0.1, 0.15) is 5.82 Å². The summed E-state index contributed by atoms with van der Waals surface area (Å²) in [5, 5.41) is 0.825. The minimum absolute atomic E-state index is 0.181. The lowest BCUT2D eigenvalue weighted by atomic mass is 10.1. The number of fused-ring (bicyclic) bond motifs is 1. The molecule has 1 aliphatic heterocycles. The van der Waals surface area contributed by atoms with E-state index in [1.54, 1.807) is 12.1 Å². The molecule has 0 saturated carbocycles. The van der Waals surface area contributed by atoms with Crippen LogP contribution in [0.4, 0.5) is 4.39 Å². The van der Waals surface area contributed by atoms with Crippen molar-refractivity contribution in [1.29, 1.82) is 0 Å². The van der Waals surface area contributed by atoms with Crippen LogP contribution in [0.3, 0.4) is 0 Å². The van der Waals surface area contributed by atoms with E-state index in [1.165, 1.54) is 30.3 Å². The minimum atomic E-state index is -0.240. The molecule has 0 unspecified atom stereocenters. The Morgan fingerprint density at radius 2 is 1.78 bits per heavy atom. The van der Waals surface area contributed by atoms with Gasteiger partial charge in [-0.2, -0.15) is 0 Å². The number of aromatic nitrogens is 2. The van der Waals surface area contributed by atoms with Crippen LogP contribution in [0.5, 0.6) is 0 Å². The van der Waals surface area contributed by atoms with E-state index in [4.69, 9.17) is 4.98 Å². The molecule has 27 heavy (non-hydrogen) atoms. The van der Waals surface area contributed by atoms with E-state index in [1.807, 2.05) is 29.2 Å². The Morgan fingerprint density at radius 1 is 1.04 bits per heavy atom. The molecule has 0 N–H and O–H groups in total. The number of para-hydroxylation sites is 2. The molecule has 4 nitrogen and oxygen atoms in total. The van der Waals surface area contributed by atoms with Crippen molar-refractivity contribution < 1.29 is 9.18 Å². The summed E-state index contributed by atoms with van der Waals surface area (Å²) in [5.74, 6) is 0.336. The van der Waals surface area contributed by atoms with E-state index >= 15 is 0 Å². The first-order chi connectivity index (χ1) is 13.2. The second kappa shape index (κ2) is 8.13. The third kappa shape index (κ3) is 4.16. The number of imidazole rings is 1. The van der Waals surface area contributed by atoms with Crippen LogP contribution in [0.15, 0.2) is 53.7 Å². The maximum atomic E-state index is 13.2. The van der Waals surface area contributed by atoms with Crippen molar-refractivity contribution in [3.8, 4) is 0 Å². The Bertz CT molecular complexity index is 932. The van der Waals surface area contributed by atoms with E-state index in [0.717, 1.165) is 47.7 Å². The highest BCUT2D eigenvalue weighted by molar-refractivity contribution is 7.99. The van der Waals surface area contributed by atoms with Gasteiger partial charge in [0.15, 0.2) is 5.16 Å². The van der Waals surface area contributed by atoms with Crippen molar-refractivity contribution >= 4 is 28.7 Å². The zero-order chi connectivity index (χ0) is 18.6. The maximum absolute atomic E-state index is 13.2. The van der Waals surface area contributed by atoms with E-state index in [0.29, 0.717) is 12.3 Å². The first-order valence-corrected chi connectivity index (χ1v) is 10.3. The average Bonchev–Trinajstić information content (AvgIpc) is 3.06. The molecule has 0 spiro atoms. The molecule has 3 aromatic rings. The van der Waals surface area contributed by atoms with Crippen molar-refractivity contribution in [3.05, 3.63) is 59.9 Å². The fourth-order valence-electron chi connectivity index (χ4n) is 3.45. The summed E-state index contributed by atoms with van der Waals surface area (Å²) < 4.78 is 15.3. The summed E-state index contributed by atoms with van der Waals surface area (Å²) in [5.41, 5.74) is 2.94. The van der Waals surface area contributed by atoms with Crippen molar-refractivity contribution in [3.63, 3.8) is 0 Å². The van der Waals surface area contributed by atoms with Crippen molar-refractivity contribution in [2.45, 2.75) is 31.0 Å². The molecule has 1 amide bonds. The van der Waals surface area contributed by atoms with Gasteiger partial charge >= 0.3 is 0 Å².